The Kier molecular flexibility index (Phi) is 4.71. The molecule has 110 valence electrons. The summed E-state index contributed by atoms with van der Waals surface area (Å²) in [7, 11) is 0. The highest BCUT2D eigenvalue weighted by atomic mass is 16.4. The summed E-state index contributed by atoms with van der Waals surface area (Å²) in [5.74, 6) is -1.22. The number of aryl methyl sites for hydroxylation is 2. The van der Waals surface area contributed by atoms with Crippen LogP contribution in [0.1, 0.15) is 29.4 Å². The van der Waals surface area contributed by atoms with Gasteiger partial charge in [-0.05, 0) is 24.1 Å². The SMILES string of the molecule is CCc1ccccc1NC(=O)c1ccnn1CCC(=O)O. The highest BCUT2D eigenvalue weighted by Crippen LogP contribution is 2.16. The number of nitrogens with zero attached hydrogens (tertiary/aromatic N) is 2. The number of aliphatic carboxylic acids is 1. The first-order valence-electron chi connectivity index (χ1n) is 6.74. The third kappa shape index (κ3) is 3.68. The highest BCUT2D eigenvalue weighted by molar-refractivity contribution is 6.03. The molecule has 6 heteroatoms. The van der Waals surface area contributed by atoms with Gasteiger partial charge in [0.25, 0.3) is 5.91 Å². The molecule has 0 saturated heterocycles. The van der Waals surface area contributed by atoms with Crippen LogP contribution in [0.25, 0.3) is 0 Å². The molecule has 0 saturated carbocycles. The van der Waals surface area contributed by atoms with Gasteiger partial charge in [0.2, 0.25) is 0 Å². The Morgan fingerprint density at radius 2 is 2.05 bits per heavy atom. The summed E-state index contributed by atoms with van der Waals surface area (Å²) in [5.41, 5.74) is 2.15. The summed E-state index contributed by atoms with van der Waals surface area (Å²) >= 11 is 0. The predicted molar refractivity (Wildman–Crippen MR) is 78.3 cm³/mol. The van der Waals surface area contributed by atoms with Crippen molar-refractivity contribution in [2.45, 2.75) is 26.3 Å². The summed E-state index contributed by atoms with van der Waals surface area (Å²) in [4.78, 5) is 22.9. The molecule has 0 radical (unpaired) electrons. The minimum atomic E-state index is -0.923. The van der Waals surface area contributed by atoms with Gasteiger partial charge in [-0.1, -0.05) is 25.1 Å². The Balaban J connectivity index is 2.14. The van der Waals surface area contributed by atoms with Crippen molar-refractivity contribution in [2.24, 2.45) is 0 Å². The van der Waals surface area contributed by atoms with E-state index in [0.717, 1.165) is 17.7 Å². The lowest BCUT2D eigenvalue weighted by molar-refractivity contribution is -0.137. The number of carbonyl (C=O) groups excluding carboxylic acids is 1. The Morgan fingerprint density at radius 3 is 2.76 bits per heavy atom. The molecule has 21 heavy (non-hydrogen) atoms. The molecule has 2 N–H and O–H groups in total. The first-order chi connectivity index (χ1) is 10.1. The quantitative estimate of drug-likeness (QED) is 0.852. The summed E-state index contributed by atoms with van der Waals surface area (Å²) in [5, 5.41) is 15.5. The zero-order valence-corrected chi connectivity index (χ0v) is 11.7. The minimum absolute atomic E-state index is 0.0759. The predicted octanol–water partition coefficient (Wildman–Crippen LogP) is 2.17. The normalized spacial score (nSPS) is 10.3. The van der Waals surface area contributed by atoms with Crippen LogP contribution in [0.3, 0.4) is 0 Å². The monoisotopic (exact) mass is 287 g/mol. The molecule has 1 heterocycles. The van der Waals surface area contributed by atoms with Gasteiger partial charge >= 0.3 is 5.97 Å². The fourth-order valence-electron chi connectivity index (χ4n) is 2.04. The molecule has 0 aliphatic rings. The van der Waals surface area contributed by atoms with Crippen LogP contribution < -0.4 is 5.32 Å². The Morgan fingerprint density at radius 1 is 1.29 bits per heavy atom. The zero-order valence-electron chi connectivity index (χ0n) is 11.7. The molecule has 1 amide bonds. The van der Waals surface area contributed by atoms with Gasteiger partial charge < -0.3 is 10.4 Å². The number of anilines is 1. The second-order valence-corrected chi connectivity index (χ2v) is 4.55. The van der Waals surface area contributed by atoms with E-state index in [1.54, 1.807) is 6.07 Å². The Hall–Kier alpha value is -2.63. The van der Waals surface area contributed by atoms with E-state index in [9.17, 15) is 9.59 Å². The number of aromatic nitrogens is 2. The number of carboxylic acids is 1. The van der Waals surface area contributed by atoms with E-state index in [0.29, 0.717) is 5.69 Å². The van der Waals surface area contributed by atoms with E-state index >= 15 is 0 Å². The molecule has 1 aromatic carbocycles. The van der Waals surface area contributed by atoms with Crippen molar-refractivity contribution in [3.05, 3.63) is 47.8 Å². The van der Waals surface area contributed by atoms with Gasteiger partial charge in [-0.3, -0.25) is 14.3 Å². The molecular formula is C15H17N3O3. The van der Waals surface area contributed by atoms with Gasteiger partial charge in [0.15, 0.2) is 0 Å². The summed E-state index contributed by atoms with van der Waals surface area (Å²) in [6.07, 6.45) is 2.23. The molecule has 0 aliphatic heterocycles. The maximum absolute atomic E-state index is 12.3. The van der Waals surface area contributed by atoms with E-state index in [2.05, 4.69) is 10.4 Å². The van der Waals surface area contributed by atoms with Gasteiger partial charge in [0, 0.05) is 11.9 Å². The molecule has 0 atom stereocenters. The first-order valence-corrected chi connectivity index (χ1v) is 6.74. The molecular weight excluding hydrogens is 270 g/mol. The van der Waals surface area contributed by atoms with Gasteiger partial charge in [-0.2, -0.15) is 5.10 Å². The van der Waals surface area contributed by atoms with Crippen molar-refractivity contribution < 1.29 is 14.7 Å². The number of benzene rings is 1. The lowest BCUT2D eigenvalue weighted by atomic mass is 10.1. The highest BCUT2D eigenvalue weighted by Gasteiger charge is 2.14. The third-order valence-electron chi connectivity index (χ3n) is 3.13. The van der Waals surface area contributed by atoms with E-state index in [1.807, 2.05) is 31.2 Å². The Bertz CT molecular complexity index is 649. The molecule has 6 nitrogen and oxygen atoms in total. The summed E-state index contributed by atoms with van der Waals surface area (Å²) < 4.78 is 1.40. The van der Waals surface area contributed by atoms with Crippen molar-refractivity contribution >= 4 is 17.6 Å². The molecule has 0 aliphatic carbocycles. The van der Waals surface area contributed by atoms with Crippen molar-refractivity contribution in [1.29, 1.82) is 0 Å². The van der Waals surface area contributed by atoms with Crippen LogP contribution >= 0.6 is 0 Å². The van der Waals surface area contributed by atoms with Crippen molar-refractivity contribution in [1.82, 2.24) is 9.78 Å². The second-order valence-electron chi connectivity index (χ2n) is 4.55. The largest absolute Gasteiger partial charge is 0.481 e. The van der Waals surface area contributed by atoms with Gasteiger partial charge in [0.1, 0.15) is 5.69 Å². The molecule has 2 rings (SSSR count). The lowest BCUT2D eigenvalue weighted by Crippen LogP contribution is -2.19. The Labute approximate surface area is 122 Å². The third-order valence-corrected chi connectivity index (χ3v) is 3.13. The van der Waals surface area contributed by atoms with Crippen LogP contribution in [0, 0.1) is 0 Å². The number of nitrogens with one attached hydrogen (secondary N) is 1. The maximum atomic E-state index is 12.3. The number of hydrogen-bond acceptors (Lipinski definition) is 3. The van der Waals surface area contributed by atoms with E-state index < -0.39 is 5.97 Å². The van der Waals surface area contributed by atoms with Crippen molar-refractivity contribution in [3.8, 4) is 0 Å². The van der Waals surface area contributed by atoms with Gasteiger partial charge in [0.05, 0.1) is 13.0 Å². The number of para-hydroxylation sites is 1. The van der Waals surface area contributed by atoms with Crippen LogP contribution in [0.15, 0.2) is 36.5 Å². The van der Waals surface area contributed by atoms with Crippen molar-refractivity contribution in [2.75, 3.05) is 5.32 Å². The standard InChI is InChI=1S/C15H17N3O3/c1-2-11-5-3-4-6-12(11)17-15(21)13-7-9-16-18(13)10-8-14(19)20/h3-7,9H,2,8,10H2,1H3,(H,17,21)(H,19,20). The first kappa shape index (κ1) is 14.8. The molecule has 0 fully saturated rings. The number of carbonyl (C=O) groups is 2. The molecule has 2 aromatic rings. The van der Waals surface area contributed by atoms with Crippen LogP contribution in [-0.2, 0) is 17.8 Å². The summed E-state index contributed by atoms with van der Waals surface area (Å²) in [6, 6.07) is 9.15. The van der Waals surface area contributed by atoms with Crippen molar-refractivity contribution in [3.63, 3.8) is 0 Å². The molecule has 1 aromatic heterocycles. The lowest BCUT2D eigenvalue weighted by Gasteiger charge is -2.10. The number of amides is 1. The number of hydrogen-bond donors (Lipinski definition) is 2. The van der Waals surface area contributed by atoms with Crippen LogP contribution in [0.5, 0.6) is 0 Å². The molecule has 0 unspecified atom stereocenters. The minimum Gasteiger partial charge on any atom is -0.481 e. The number of carboxylic acid groups (broad SMARTS) is 1. The maximum Gasteiger partial charge on any atom is 0.305 e. The van der Waals surface area contributed by atoms with Gasteiger partial charge in [-0.15, -0.1) is 0 Å². The molecule has 0 spiro atoms. The van der Waals surface area contributed by atoms with Crippen LogP contribution in [0.4, 0.5) is 5.69 Å². The fraction of sp³-hybridized carbons (Fsp3) is 0.267. The summed E-state index contributed by atoms with van der Waals surface area (Å²) in [6.45, 7) is 2.18. The van der Waals surface area contributed by atoms with E-state index in [1.165, 1.54) is 10.9 Å². The zero-order chi connectivity index (χ0) is 15.2. The fourth-order valence-corrected chi connectivity index (χ4v) is 2.04. The molecule has 0 bridgehead atoms. The van der Waals surface area contributed by atoms with Gasteiger partial charge in [-0.25, -0.2) is 0 Å². The topological polar surface area (TPSA) is 84.2 Å². The van der Waals surface area contributed by atoms with Crippen LogP contribution in [0.2, 0.25) is 0 Å². The number of rotatable bonds is 6. The second kappa shape index (κ2) is 6.69. The smallest absolute Gasteiger partial charge is 0.305 e. The average Bonchev–Trinajstić information content (AvgIpc) is 2.94. The average molecular weight is 287 g/mol. The van der Waals surface area contributed by atoms with Crippen LogP contribution in [-0.4, -0.2) is 26.8 Å². The van der Waals surface area contributed by atoms with E-state index in [-0.39, 0.29) is 18.9 Å². The van der Waals surface area contributed by atoms with E-state index in [4.69, 9.17) is 5.11 Å².